The van der Waals surface area contributed by atoms with Crippen molar-refractivity contribution in [3.05, 3.63) is 0 Å². The number of hydrogen-bond acceptors (Lipinski definition) is 4. The standard InChI is InChI=1S/C4H7NO3S/c5-4(7)8-3(6)1-2-9/h9H,1-2H2,(H2,5,7). The summed E-state index contributed by atoms with van der Waals surface area (Å²) in [7, 11) is 0. The van der Waals surface area contributed by atoms with E-state index in [-0.39, 0.29) is 6.42 Å². The molecule has 9 heavy (non-hydrogen) atoms. The molecule has 0 unspecified atom stereocenters. The first-order valence-corrected chi connectivity index (χ1v) is 2.91. The SMILES string of the molecule is NC(=O)OC(=O)CCS. The summed E-state index contributed by atoms with van der Waals surface area (Å²) in [5.74, 6) is -0.288. The van der Waals surface area contributed by atoms with Crippen LogP contribution in [-0.2, 0) is 9.53 Å². The molecule has 0 bridgehead atoms. The smallest absolute Gasteiger partial charge is 0.376 e. The van der Waals surface area contributed by atoms with Crippen molar-refractivity contribution < 1.29 is 14.3 Å². The van der Waals surface area contributed by atoms with Crippen LogP contribution in [-0.4, -0.2) is 17.8 Å². The Morgan fingerprint density at radius 2 is 2.11 bits per heavy atom. The van der Waals surface area contributed by atoms with Crippen LogP contribution in [0, 0.1) is 0 Å². The van der Waals surface area contributed by atoms with Crippen LogP contribution in [0.1, 0.15) is 6.42 Å². The largest absolute Gasteiger partial charge is 0.412 e. The molecule has 2 N–H and O–H groups in total. The summed E-state index contributed by atoms with van der Waals surface area (Å²) in [4.78, 5) is 20.1. The van der Waals surface area contributed by atoms with E-state index in [9.17, 15) is 9.59 Å². The fourth-order valence-electron chi connectivity index (χ4n) is 0.255. The Kier molecular flexibility index (Phi) is 3.87. The Labute approximate surface area is 57.8 Å². The Bertz CT molecular complexity index is 125. The molecule has 0 aliphatic rings. The second-order valence-electron chi connectivity index (χ2n) is 1.27. The zero-order valence-corrected chi connectivity index (χ0v) is 5.56. The van der Waals surface area contributed by atoms with E-state index < -0.39 is 12.1 Å². The first-order valence-electron chi connectivity index (χ1n) is 2.27. The van der Waals surface area contributed by atoms with E-state index in [2.05, 4.69) is 23.1 Å². The van der Waals surface area contributed by atoms with Crippen molar-refractivity contribution in [1.29, 1.82) is 0 Å². The van der Waals surface area contributed by atoms with E-state index in [1.54, 1.807) is 0 Å². The number of hydrogen-bond donors (Lipinski definition) is 2. The van der Waals surface area contributed by atoms with E-state index in [1.807, 2.05) is 0 Å². The lowest BCUT2D eigenvalue weighted by atomic mass is 10.5. The average molecular weight is 149 g/mol. The van der Waals surface area contributed by atoms with Gasteiger partial charge in [0.2, 0.25) is 0 Å². The number of rotatable bonds is 2. The lowest BCUT2D eigenvalue weighted by Gasteiger charge is -1.93. The Morgan fingerprint density at radius 1 is 1.56 bits per heavy atom. The fraction of sp³-hybridized carbons (Fsp3) is 0.500. The van der Waals surface area contributed by atoms with Gasteiger partial charge in [0.1, 0.15) is 0 Å². The van der Waals surface area contributed by atoms with Gasteiger partial charge in [-0.1, -0.05) is 0 Å². The second-order valence-corrected chi connectivity index (χ2v) is 1.71. The molecule has 0 aromatic heterocycles. The number of primary amides is 1. The number of carbonyl (C=O) groups excluding carboxylic acids is 2. The molecule has 0 rings (SSSR count). The van der Waals surface area contributed by atoms with Crippen LogP contribution in [0.15, 0.2) is 0 Å². The van der Waals surface area contributed by atoms with Crippen molar-refractivity contribution in [3.8, 4) is 0 Å². The van der Waals surface area contributed by atoms with Crippen molar-refractivity contribution in [2.45, 2.75) is 6.42 Å². The summed E-state index contributed by atoms with van der Waals surface area (Å²) >= 11 is 3.73. The van der Waals surface area contributed by atoms with Crippen molar-refractivity contribution in [2.75, 3.05) is 5.75 Å². The summed E-state index contributed by atoms with van der Waals surface area (Å²) in [6.07, 6.45) is -0.965. The maximum absolute atomic E-state index is 10.3. The predicted octanol–water partition coefficient (Wildman–Crippen LogP) is -0.0718. The van der Waals surface area contributed by atoms with Crippen molar-refractivity contribution in [1.82, 2.24) is 0 Å². The lowest BCUT2D eigenvalue weighted by molar-refractivity contribution is -0.136. The normalized spacial score (nSPS) is 8.56. The minimum atomic E-state index is -1.07. The minimum Gasteiger partial charge on any atom is -0.376 e. The number of amides is 1. The van der Waals surface area contributed by atoms with Gasteiger partial charge in [-0.05, 0) is 0 Å². The number of carbonyl (C=O) groups is 2. The van der Waals surface area contributed by atoms with Gasteiger partial charge in [-0.3, -0.25) is 4.79 Å². The van der Waals surface area contributed by atoms with Crippen LogP contribution in [0.4, 0.5) is 4.79 Å². The van der Waals surface area contributed by atoms with Crippen LogP contribution < -0.4 is 5.73 Å². The minimum absolute atomic E-state index is 0.103. The van der Waals surface area contributed by atoms with Gasteiger partial charge in [0.05, 0.1) is 6.42 Å². The molecule has 0 saturated carbocycles. The van der Waals surface area contributed by atoms with Gasteiger partial charge in [-0.25, -0.2) is 4.79 Å². The van der Waals surface area contributed by atoms with E-state index >= 15 is 0 Å². The highest BCUT2D eigenvalue weighted by molar-refractivity contribution is 7.80. The summed E-state index contributed by atoms with van der Waals surface area (Å²) in [5, 5.41) is 0. The highest BCUT2D eigenvalue weighted by atomic mass is 32.1. The highest BCUT2D eigenvalue weighted by Gasteiger charge is 2.03. The number of esters is 1. The van der Waals surface area contributed by atoms with Gasteiger partial charge in [0.15, 0.2) is 0 Å². The summed E-state index contributed by atoms with van der Waals surface area (Å²) in [6.45, 7) is 0. The van der Waals surface area contributed by atoms with E-state index in [1.165, 1.54) is 0 Å². The van der Waals surface area contributed by atoms with E-state index in [0.717, 1.165) is 0 Å². The molecule has 0 aromatic rings. The summed E-state index contributed by atoms with van der Waals surface area (Å²) < 4.78 is 3.94. The lowest BCUT2D eigenvalue weighted by Crippen LogP contribution is -2.18. The van der Waals surface area contributed by atoms with Gasteiger partial charge in [-0.2, -0.15) is 12.6 Å². The maximum Gasteiger partial charge on any atom is 0.412 e. The molecule has 1 amide bonds. The zero-order chi connectivity index (χ0) is 7.28. The molecule has 0 saturated heterocycles. The molecular weight excluding hydrogens is 142 g/mol. The molecule has 0 radical (unpaired) electrons. The van der Waals surface area contributed by atoms with Gasteiger partial charge in [0, 0.05) is 5.75 Å². The quantitative estimate of drug-likeness (QED) is 0.328. The molecule has 4 nitrogen and oxygen atoms in total. The molecule has 0 aromatic carbocycles. The average Bonchev–Trinajstić information content (AvgIpc) is 1.63. The van der Waals surface area contributed by atoms with Crippen molar-refractivity contribution in [2.24, 2.45) is 5.73 Å². The van der Waals surface area contributed by atoms with Gasteiger partial charge in [0.25, 0.3) is 0 Å². The third kappa shape index (κ3) is 5.16. The summed E-state index contributed by atoms with van der Waals surface area (Å²) in [5.41, 5.74) is 4.52. The Morgan fingerprint density at radius 3 is 2.44 bits per heavy atom. The molecule has 5 heteroatoms. The third-order valence-corrected chi connectivity index (χ3v) is 0.754. The predicted molar refractivity (Wildman–Crippen MR) is 34.1 cm³/mol. The van der Waals surface area contributed by atoms with Crippen molar-refractivity contribution in [3.63, 3.8) is 0 Å². The topological polar surface area (TPSA) is 69.4 Å². The van der Waals surface area contributed by atoms with Crippen LogP contribution in [0.2, 0.25) is 0 Å². The molecule has 0 atom stereocenters. The Balaban J connectivity index is 3.39. The van der Waals surface area contributed by atoms with E-state index in [4.69, 9.17) is 0 Å². The molecule has 0 spiro atoms. The second kappa shape index (κ2) is 4.20. The highest BCUT2D eigenvalue weighted by Crippen LogP contribution is 1.87. The number of nitrogens with two attached hydrogens (primary N) is 1. The molecule has 52 valence electrons. The first kappa shape index (κ1) is 8.29. The van der Waals surface area contributed by atoms with Crippen LogP contribution in [0.25, 0.3) is 0 Å². The molecular formula is C4H7NO3S. The van der Waals surface area contributed by atoms with Crippen molar-refractivity contribution >= 4 is 24.7 Å². The fourth-order valence-corrected chi connectivity index (χ4v) is 0.437. The van der Waals surface area contributed by atoms with Gasteiger partial charge in [-0.15, -0.1) is 0 Å². The maximum atomic E-state index is 10.3. The van der Waals surface area contributed by atoms with Gasteiger partial charge < -0.3 is 10.5 Å². The Hall–Kier alpha value is -0.710. The first-order chi connectivity index (χ1) is 4.16. The third-order valence-electron chi connectivity index (χ3n) is 0.530. The van der Waals surface area contributed by atoms with Gasteiger partial charge >= 0.3 is 12.1 Å². The van der Waals surface area contributed by atoms with Crippen LogP contribution in [0.5, 0.6) is 0 Å². The molecule has 0 heterocycles. The van der Waals surface area contributed by atoms with Crippen LogP contribution >= 0.6 is 12.6 Å². The molecule has 0 aliphatic carbocycles. The number of thiol groups is 1. The molecule has 0 fully saturated rings. The van der Waals surface area contributed by atoms with E-state index in [0.29, 0.717) is 5.75 Å². The molecule has 0 aliphatic heterocycles. The monoisotopic (exact) mass is 149 g/mol. The number of ether oxygens (including phenoxy) is 1. The zero-order valence-electron chi connectivity index (χ0n) is 4.66. The van der Waals surface area contributed by atoms with Crippen LogP contribution in [0.3, 0.4) is 0 Å². The summed E-state index contributed by atoms with van der Waals surface area (Å²) in [6, 6.07) is 0.